The molecule has 7 nitrogen and oxygen atoms in total. The Labute approximate surface area is 167 Å². The average Bonchev–Trinajstić information content (AvgIpc) is 2.72. The third kappa shape index (κ3) is 5.29. The average molecular weight is 406 g/mol. The fraction of sp³-hybridized carbons (Fsp3) is 0.300. The van der Waals surface area contributed by atoms with E-state index in [1.165, 1.54) is 4.90 Å². The number of esters is 1. The number of likely N-dealkylation sites (N-methyl/N-ethyl adjacent to an activating group) is 1. The van der Waals surface area contributed by atoms with Crippen LogP contribution in [0.25, 0.3) is 0 Å². The molecule has 28 heavy (non-hydrogen) atoms. The molecule has 0 aromatic heterocycles. The molecule has 1 heterocycles. The minimum atomic E-state index is -0.601. The van der Waals surface area contributed by atoms with Gasteiger partial charge in [-0.2, -0.15) is 0 Å². The van der Waals surface area contributed by atoms with Crippen LogP contribution >= 0.6 is 11.6 Å². The molecule has 2 aromatic carbocycles. The van der Waals surface area contributed by atoms with Crippen molar-refractivity contribution in [3.8, 4) is 17.2 Å². The highest BCUT2D eigenvalue weighted by Gasteiger charge is 2.17. The molecule has 0 saturated carbocycles. The molecule has 0 aliphatic carbocycles. The number of ether oxygens (including phenoxy) is 4. The van der Waals surface area contributed by atoms with Crippen LogP contribution in [0.4, 0.5) is 0 Å². The largest absolute Gasteiger partial charge is 0.492 e. The van der Waals surface area contributed by atoms with Crippen LogP contribution in [0, 0.1) is 0 Å². The summed E-state index contributed by atoms with van der Waals surface area (Å²) in [5.41, 5.74) is 0.297. The third-order valence-electron chi connectivity index (χ3n) is 4.04. The number of benzene rings is 2. The molecule has 1 aliphatic heterocycles. The van der Waals surface area contributed by atoms with Gasteiger partial charge in [0.05, 0.1) is 12.1 Å². The van der Waals surface area contributed by atoms with Gasteiger partial charge in [0.2, 0.25) is 0 Å². The molecule has 0 atom stereocenters. The number of amides is 1. The molecule has 0 spiro atoms. The van der Waals surface area contributed by atoms with E-state index in [1.54, 1.807) is 49.5 Å². The standard InChI is InChI=1S/C20H20ClNO6/c1-22(8-9-25-16-5-3-15(21)4-6-16)19(23)13-28-20(24)14-2-7-17-18(12-14)27-11-10-26-17/h2-7,12H,8-11,13H2,1H3. The van der Waals surface area contributed by atoms with Crippen LogP contribution in [0.15, 0.2) is 42.5 Å². The van der Waals surface area contributed by atoms with Crippen LogP contribution in [0.1, 0.15) is 10.4 Å². The van der Waals surface area contributed by atoms with Crippen LogP contribution in [0.3, 0.4) is 0 Å². The summed E-state index contributed by atoms with van der Waals surface area (Å²) in [6.07, 6.45) is 0. The topological polar surface area (TPSA) is 74.3 Å². The lowest BCUT2D eigenvalue weighted by Gasteiger charge is -2.19. The van der Waals surface area contributed by atoms with Gasteiger partial charge in [0.15, 0.2) is 18.1 Å². The van der Waals surface area contributed by atoms with Crippen molar-refractivity contribution >= 4 is 23.5 Å². The highest BCUT2D eigenvalue weighted by atomic mass is 35.5. The van der Waals surface area contributed by atoms with Crippen molar-refractivity contribution in [1.82, 2.24) is 4.90 Å². The van der Waals surface area contributed by atoms with E-state index in [2.05, 4.69) is 0 Å². The molecule has 0 unspecified atom stereocenters. The SMILES string of the molecule is CN(CCOc1ccc(Cl)cc1)C(=O)COC(=O)c1ccc2c(c1)OCCO2. The van der Waals surface area contributed by atoms with Crippen LogP contribution < -0.4 is 14.2 Å². The molecule has 1 amide bonds. The van der Waals surface area contributed by atoms with E-state index >= 15 is 0 Å². The van der Waals surface area contributed by atoms with Crippen LogP contribution in [0.5, 0.6) is 17.2 Å². The van der Waals surface area contributed by atoms with Crippen molar-refractivity contribution in [3.05, 3.63) is 53.1 Å². The van der Waals surface area contributed by atoms with Crippen molar-refractivity contribution in [2.75, 3.05) is 40.0 Å². The highest BCUT2D eigenvalue weighted by molar-refractivity contribution is 6.30. The first-order valence-corrected chi connectivity index (χ1v) is 9.10. The Bertz CT molecular complexity index is 839. The Hall–Kier alpha value is -2.93. The molecule has 1 aliphatic rings. The normalized spacial score (nSPS) is 12.2. The van der Waals surface area contributed by atoms with E-state index < -0.39 is 5.97 Å². The van der Waals surface area contributed by atoms with Crippen molar-refractivity contribution in [3.63, 3.8) is 0 Å². The van der Waals surface area contributed by atoms with Gasteiger partial charge >= 0.3 is 5.97 Å². The minimum Gasteiger partial charge on any atom is -0.492 e. The Balaban J connectivity index is 1.42. The first kappa shape index (κ1) is 19.8. The van der Waals surface area contributed by atoms with E-state index in [1.807, 2.05) is 0 Å². The van der Waals surface area contributed by atoms with Gasteiger partial charge in [0.1, 0.15) is 25.6 Å². The zero-order chi connectivity index (χ0) is 19.9. The van der Waals surface area contributed by atoms with Crippen molar-refractivity contribution in [1.29, 1.82) is 0 Å². The van der Waals surface area contributed by atoms with E-state index in [0.717, 1.165) is 0 Å². The summed E-state index contributed by atoms with van der Waals surface area (Å²) in [5.74, 6) is 0.805. The van der Waals surface area contributed by atoms with Gasteiger partial charge < -0.3 is 23.8 Å². The monoisotopic (exact) mass is 405 g/mol. The molecule has 0 N–H and O–H groups in total. The van der Waals surface area contributed by atoms with Crippen LogP contribution in [-0.4, -0.2) is 56.8 Å². The van der Waals surface area contributed by atoms with E-state index in [-0.39, 0.29) is 12.5 Å². The second kappa shape index (κ2) is 9.32. The number of nitrogens with zero attached hydrogens (tertiary/aromatic N) is 1. The van der Waals surface area contributed by atoms with Crippen LogP contribution in [-0.2, 0) is 9.53 Å². The molecule has 0 saturated heterocycles. The maximum Gasteiger partial charge on any atom is 0.338 e. The van der Waals surface area contributed by atoms with Crippen molar-refractivity contribution in [2.45, 2.75) is 0 Å². The number of carbonyl (C=O) groups is 2. The maximum atomic E-state index is 12.2. The molecular weight excluding hydrogens is 386 g/mol. The van der Waals surface area contributed by atoms with Gasteiger partial charge in [0.25, 0.3) is 5.91 Å². The molecular formula is C20H20ClNO6. The second-order valence-corrected chi connectivity index (χ2v) is 6.49. The van der Waals surface area contributed by atoms with E-state index in [9.17, 15) is 9.59 Å². The predicted molar refractivity (Wildman–Crippen MR) is 102 cm³/mol. The smallest absolute Gasteiger partial charge is 0.338 e. The number of hydrogen-bond acceptors (Lipinski definition) is 6. The molecule has 0 bridgehead atoms. The molecule has 3 rings (SSSR count). The number of rotatable bonds is 7. The van der Waals surface area contributed by atoms with Crippen molar-refractivity contribution < 1.29 is 28.5 Å². The molecule has 2 aromatic rings. The fourth-order valence-corrected chi connectivity index (χ4v) is 2.57. The summed E-state index contributed by atoms with van der Waals surface area (Å²) < 4.78 is 21.5. The maximum absolute atomic E-state index is 12.2. The predicted octanol–water partition coefficient (Wildman–Crippen LogP) is 2.81. The van der Waals surface area contributed by atoms with Gasteiger partial charge in [-0.25, -0.2) is 4.79 Å². The van der Waals surface area contributed by atoms with Gasteiger partial charge in [-0.05, 0) is 42.5 Å². The number of fused-ring (bicyclic) bond motifs is 1. The molecule has 148 valence electrons. The Morgan fingerprint density at radius 1 is 1.07 bits per heavy atom. The van der Waals surface area contributed by atoms with Crippen molar-refractivity contribution in [2.24, 2.45) is 0 Å². The molecule has 8 heteroatoms. The summed E-state index contributed by atoms with van der Waals surface area (Å²) in [4.78, 5) is 25.7. The number of carbonyl (C=O) groups excluding carboxylic acids is 2. The Morgan fingerprint density at radius 3 is 2.54 bits per heavy atom. The van der Waals surface area contributed by atoms with Crippen LogP contribution in [0.2, 0.25) is 5.02 Å². The first-order chi connectivity index (χ1) is 13.5. The van der Waals surface area contributed by atoms with Gasteiger partial charge in [-0.1, -0.05) is 11.6 Å². The zero-order valence-corrected chi connectivity index (χ0v) is 16.1. The van der Waals surface area contributed by atoms with E-state index in [4.69, 9.17) is 30.5 Å². The minimum absolute atomic E-state index is 0.297. The fourth-order valence-electron chi connectivity index (χ4n) is 2.45. The van der Waals surface area contributed by atoms with E-state index in [0.29, 0.717) is 54.2 Å². The van der Waals surface area contributed by atoms with Gasteiger partial charge in [-0.15, -0.1) is 0 Å². The highest BCUT2D eigenvalue weighted by Crippen LogP contribution is 2.30. The Morgan fingerprint density at radius 2 is 1.79 bits per heavy atom. The first-order valence-electron chi connectivity index (χ1n) is 8.72. The Kier molecular flexibility index (Phi) is 6.60. The summed E-state index contributed by atoms with van der Waals surface area (Å²) >= 11 is 5.81. The lowest BCUT2D eigenvalue weighted by atomic mass is 10.2. The molecule has 0 fully saturated rings. The lowest BCUT2D eigenvalue weighted by molar-refractivity contribution is -0.133. The number of halogens is 1. The van der Waals surface area contributed by atoms with Gasteiger partial charge in [-0.3, -0.25) is 4.79 Å². The molecule has 0 radical (unpaired) electrons. The zero-order valence-electron chi connectivity index (χ0n) is 15.4. The summed E-state index contributed by atoms with van der Waals surface area (Å²) in [6.45, 7) is 1.19. The second-order valence-electron chi connectivity index (χ2n) is 6.05. The van der Waals surface area contributed by atoms with Gasteiger partial charge in [0, 0.05) is 12.1 Å². The third-order valence-corrected chi connectivity index (χ3v) is 4.29. The quantitative estimate of drug-likeness (QED) is 0.659. The lowest BCUT2D eigenvalue weighted by Crippen LogP contribution is -2.34. The summed E-state index contributed by atoms with van der Waals surface area (Å²) in [7, 11) is 1.62. The number of hydrogen-bond donors (Lipinski definition) is 0. The summed E-state index contributed by atoms with van der Waals surface area (Å²) in [5, 5.41) is 0.625. The summed E-state index contributed by atoms with van der Waals surface area (Å²) in [6, 6.07) is 11.7.